The topological polar surface area (TPSA) is 83.8 Å². The number of carbonyl (C=O) groups excluding carboxylic acids is 2. The molecule has 2 N–H and O–H groups in total. The number of Topliss-reactive ketones (excluding diaryl/α,β-unsaturated/α-hetero) is 1. The van der Waals surface area contributed by atoms with Crippen LogP contribution in [0.25, 0.3) is 0 Å². The van der Waals surface area contributed by atoms with Crippen LogP contribution >= 0.6 is 0 Å². The van der Waals surface area contributed by atoms with E-state index in [0.717, 1.165) is 83.5 Å². The molecule has 0 spiro atoms. The number of carbonyl (C=O) groups is 2. The molecule has 35 heavy (non-hydrogen) atoms. The van der Waals surface area contributed by atoms with Gasteiger partial charge in [0, 0.05) is 25.4 Å². The molecule has 206 valence electrons. The average molecular weight is 497 g/mol. The van der Waals surface area contributed by atoms with E-state index >= 15 is 0 Å². The van der Waals surface area contributed by atoms with Crippen LogP contribution in [0.5, 0.6) is 0 Å². The molecule has 0 heterocycles. The summed E-state index contributed by atoms with van der Waals surface area (Å²) in [6, 6.07) is 0. The number of hydrogen-bond donors (Lipinski definition) is 2. The molecule has 1 aliphatic carbocycles. The van der Waals surface area contributed by atoms with Gasteiger partial charge in [-0.15, -0.1) is 0 Å². The lowest BCUT2D eigenvalue weighted by Gasteiger charge is -2.21. The molecule has 0 aliphatic heterocycles. The fourth-order valence-electron chi connectivity index (χ4n) is 5.46. The monoisotopic (exact) mass is 496 g/mol. The molecule has 0 radical (unpaired) electrons. The van der Waals surface area contributed by atoms with Crippen LogP contribution in [-0.2, 0) is 14.3 Å². The largest absolute Gasteiger partial charge is 0.466 e. The molecule has 3 atom stereocenters. The lowest BCUT2D eigenvalue weighted by molar-refractivity contribution is -0.143. The van der Waals surface area contributed by atoms with Crippen molar-refractivity contribution in [3.05, 3.63) is 0 Å². The second-order valence-corrected chi connectivity index (χ2v) is 10.8. The van der Waals surface area contributed by atoms with Gasteiger partial charge in [-0.3, -0.25) is 9.59 Å². The van der Waals surface area contributed by atoms with Crippen molar-refractivity contribution in [2.75, 3.05) is 13.2 Å². The molecule has 0 aromatic heterocycles. The van der Waals surface area contributed by atoms with Gasteiger partial charge in [-0.05, 0) is 38.0 Å². The minimum atomic E-state index is -0.460. The molecule has 1 saturated carbocycles. The standard InChI is InChI=1S/C30H56O5/c1-2-3-4-5-6-9-14-19-24-35-30(34)22-17-12-11-16-21-27-26(28(32)25-29(27)33)20-15-10-7-8-13-18-23-31/h26-28,31-32H,2-25H2,1H3/t26-,27-,28-/m1/s1. The van der Waals surface area contributed by atoms with Crippen molar-refractivity contribution in [1.82, 2.24) is 0 Å². The van der Waals surface area contributed by atoms with Gasteiger partial charge in [-0.2, -0.15) is 0 Å². The van der Waals surface area contributed by atoms with E-state index in [1.807, 2.05) is 0 Å². The summed E-state index contributed by atoms with van der Waals surface area (Å²) in [6.07, 6.45) is 22.6. The van der Waals surface area contributed by atoms with Crippen molar-refractivity contribution >= 4 is 11.8 Å². The molecule has 5 heteroatoms. The predicted molar refractivity (Wildman–Crippen MR) is 143 cm³/mol. The number of aliphatic hydroxyl groups excluding tert-OH is 2. The van der Waals surface area contributed by atoms with Gasteiger partial charge in [0.2, 0.25) is 0 Å². The van der Waals surface area contributed by atoms with Crippen LogP contribution in [0.4, 0.5) is 0 Å². The smallest absolute Gasteiger partial charge is 0.305 e. The number of unbranched alkanes of at least 4 members (excludes halogenated alkanes) is 15. The molecule has 1 rings (SSSR count). The lowest BCUT2D eigenvalue weighted by Crippen LogP contribution is -2.20. The van der Waals surface area contributed by atoms with Gasteiger partial charge in [0.1, 0.15) is 5.78 Å². The second kappa shape index (κ2) is 22.3. The molecule has 1 fully saturated rings. The summed E-state index contributed by atoms with van der Waals surface area (Å²) in [5.74, 6) is 0.329. The Morgan fingerprint density at radius 1 is 0.771 bits per heavy atom. The van der Waals surface area contributed by atoms with Crippen molar-refractivity contribution in [1.29, 1.82) is 0 Å². The highest BCUT2D eigenvalue weighted by atomic mass is 16.5. The zero-order valence-corrected chi connectivity index (χ0v) is 22.8. The van der Waals surface area contributed by atoms with Gasteiger partial charge in [-0.1, -0.05) is 103 Å². The van der Waals surface area contributed by atoms with Crippen LogP contribution < -0.4 is 0 Å². The number of ether oxygens (including phenoxy) is 1. The third-order valence-corrected chi connectivity index (χ3v) is 7.69. The Kier molecular flexibility index (Phi) is 20.4. The Labute approximate surface area is 215 Å². The lowest BCUT2D eigenvalue weighted by atomic mass is 9.85. The van der Waals surface area contributed by atoms with Gasteiger partial charge in [0.15, 0.2) is 0 Å². The predicted octanol–water partition coefficient (Wildman–Crippen LogP) is 7.30. The number of rotatable bonds is 24. The fourth-order valence-corrected chi connectivity index (χ4v) is 5.46. The van der Waals surface area contributed by atoms with Gasteiger partial charge in [-0.25, -0.2) is 0 Å². The maximum absolute atomic E-state index is 12.4. The highest BCUT2D eigenvalue weighted by Gasteiger charge is 2.40. The average Bonchev–Trinajstić information content (AvgIpc) is 3.11. The number of aliphatic hydroxyl groups is 2. The summed E-state index contributed by atoms with van der Waals surface area (Å²) < 4.78 is 5.37. The van der Waals surface area contributed by atoms with E-state index in [1.54, 1.807) is 0 Å². The highest BCUT2D eigenvalue weighted by Crippen LogP contribution is 2.36. The Hall–Kier alpha value is -0.940. The summed E-state index contributed by atoms with van der Waals surface area (Å²) in [6.45, 7) is 3.08. The minimum Gasteiger partial charge on any atom is -0.466 e. The SMILES string of the molecule is CCCCCCCCCCOC(=O)CCCCCC[C@H]1C(=O)C[C@@H](O)[C@@H]1CCCCCCCCO. The zero-order valence-electron chi connectivity index (χ0n) is 22.8. The first-order valence-electron chi connectivity index (χ1n) is 15.1. The number of esters is 1. The first-order chi connectivity index (χ1) is 17.1. The quantitative estimate of drug-likeness (QED) is 0.108. The van der Waals surface area contributed by atoms with Gasteiger partial charge >= 0.3 is 5.97 Å². The van der Waals surface area contributed by atoms with E-state index in [1.165, 1.54) is 44.9 Å². The van der Waals surface area contributed by atoms with E-state index in [4.69, 9.17) is 9.84 Å². The van der Waals surface area contributed by atoms with Crippen LogP contribution in [0.2, 0.25) is 0 Å². The maximum atomic E-state index is 12.4. The number of hydrogen-bond acceptors (Lipinski definition) is 5. The second-order valence-electron chi connectivity index (χ2n) is 10.8. The van der Waals surface area contributed by atoms with E-state index in [-0.39, 0.29) is 30.2 Å². The van der Waals surface area contributed by atoms with E-state index in [0.29, 0.717) is 19.4 Å². The van der Waals surface area contributed by atoms with Gasteiger partial charge in [0.25, 0.3) is 0 Å². The summed E-state index contributed by atoms with van der Waals surface area (Å²) in [5, 5.41) is 19.2. The fraction of sp³-hybridized carbons (Fsp3) is 0.933. The Morgan fingerprint density at radius 2 is 1.31 bits per heavy atom. The summed E-state index contributed by atoms with van der Waals surface area (Å²) in [4.78, 5) is 24.3. The first-order valence-corrected chi connectivity index (χ1v) is 15.1. The molecule has 1 aliphatic rings. The molecular weight excluding hydrogens is 440 g/mol. The molecule has 0 bridgehead atoms. The molecule has 0 saturated heterocycles. The van der Waals surface area contributed by atoms with E-state index in [2.05, 4.69) is 6.92 Å². The van der Waals surface area contributed by atoms with Crippen LogP contribution in [0.15, 0.2) is 0 Å². The molecule has 0 unspecified atom stereocenters. The molecule has 5 nitrogen and oxygen atoms in total. The first kappa shape index (κ1) is 32.1. The molecule has 0 aromatic rings. The van der Waals surface area contributed by atoms with E-state index < -0.39 is 6.10 Å². The summed E-state index contributed by atoms with van der Waals surface area (Å²) >= 11 is 0. The minimum absolute atomic E-state index is 0.0241. The molecule has 0 amide bonds. The van der Waals surface area contributed by atoms with Crippen LogP contribution in [0, 0.1) is 11.8 Å². The van der Waals surface area contributed by atoms with Gasteiger partial charge < -0.3 is 14.9 Å². The zero-order chi connectivity index (χ0) is 25.6. The van der Waals surface area contributed by atoms with Crippen molar-refractivity contribution in [2.24, 2.45) is 11.8 Å². The van der Waals surface area contributed by atoms with E-state index in [9.17, 15) is 14.7 Å². The Balaban J connectivity index is 2.02. The summed E-state index contributed by atoms with van der Waals surface area (Å²) in [7, 11) is 0. The Morgan fingerprint density at radius 3 is 1.97 bits per heavy atom. The van der Waals surface area contributed by atoms with Crippen LogP contribution in [0.3, 0.4) is 0 Å². The van der Waals surface area contributed by atoms with Crippen molar-refractivity contribution in [3.8, 4) is 0 Å². The third-order valence-electron chi connectivity index (χ3n) is 7.69. The third kappa shape index (κ3) is 16.4. The number of ketones is 1. The normalized spacial score (nSPS) is 20.0. The maximum Gasteiger partial charge on any atom is 0.305 e. The van der Waals surface area contributed by atoms with Gasteiger partial charge in [0.05, 0.1) is 12.7 Å². The molecule has 0 aromatic carbocycles. The molecular formula is C30H56O5. The van der Waals surface area contributed by atoms with Crippen LogP contribution in [0.1, 0.15) is 148 Å². The van der Waals surface area contributed by atoms with Crippen LogP contribution in [-0.4, -0.2) is 41.3 Å². The summed E-state index contributed by atoms with van der Waals surface area (Å²) in [5.41, 5.74) is 0. The Bertz CT molecular complexity index is 521. The van der Waals surface area contributed by atoms with Crippen molar-refractivity contribution < 1.29 is 24.5 Å². The van der Waals surface area contributed by atoms with Crippen molar-refractivity contribution in [2.45, 2.75) is 154 Å². The highest BCUT2D eigenvalue weighted by molar-refractivity contribution is 5.84. The van der Waals surface area contributed by atoms with Crippen molar-refractivity contribution in [3.63, 3.8) is 0 Å².